The van der Waals surface area contributed by atoms with Gasteiger partial charge in [0.2, 0.25) is 0 Å². The van der Waals surface area contributed by atoms with Crippen LogP contribution in [-0.2, 0) is 0 Å². The molecular formula is C23H22ClN7OS. The fraction of sp³-hybridized carbons (Fsp3) is 0.348. The third kappa shape index (κ3) is 3.21. The van der Waals surface area contributed by atoms with Crippen molar-refractivity contribution in [3.05, 3.63) is 58.5 Å². The molecule has 2 bridgehead atoms. The number of benzene rings is 1. The lowest BCUT2D eigenvalue weighted by molar-refractivity contribution is -0.0565. The van der Waals surface area contributed by atoms with Crippen LogP contribution in [0.25, 0.3) is 16.0 Å². The standard InChI is InChI=1S/C23H22ClN7OS/c1-11-13-7-15(8-13)30(20(11)16-10-18-21(28-12(16)2)33-23(25)29-18)22(32)17-9-14(24)3-4-19(17)31-26-5-6-27-31/h3-6,9-11,13,15,20H,7-8H2,1-2H3,(H2,25,29)/t11-,13?,15?,20+/m1/s1. The van der Waals surface area contributed by atoms with E-state index in [4.69, 9.17) is 22.3 Å². The number of halogens is 1. The summed E-state index contributed by atoms with van der Waals surface area (Å²) in [7, 11) is 0. The SMILES string of the molecule is Cc1nc2sc(N)nc2cc1[C@@H]1[C@H](C)C2CC(C2)N1C(=O)c1cc(Cl)ccc1-n1nccn1. The normalized spacial score (nSPS) is 24.2. The van der Waals surface area contributed by atoms with Gasteiger partial charge in [0.1, 0.15) is 10.3 Å². The number of aromatic nitrogens is 5. The number of aryl methyl sites for hydroxylation is 1. The maximum atomic E-state index is 14.2. The van der Waals surface area contributed by atoms with E-state index < -0.39 is 0 Å². The maximum absolute atomic E-state index is 14.2. The van der Waals surface area contributed by atoms with Crippen LogP contribution in [0.2, 0.25) is 5.02 Å². The van der Waals surface area contributed by atoms with E-state index in [1.165, 1.54) is 16.1 Å². The van der Waals surface area contributed by atoms with Crippen molar-refractivity contribution in [2.45, 2.75) is 38.8 Å². The Morgan fingerprint density at radius 1 is 1.18 bits per heavy atom. The molecule has 3 aromatic heterocycles. The topological polar surface area (TPSA) is 103 Å². The lowest BCUT2D eigenvalue weighted by Gasteiger charge is -2.57. The highest BCUT2D eigenvalue weighted by molar-refractivity contribution is 7.21. The molecule has 2 aliphatic heterocycles. The van der Waals surface area contributed by atoms with Crippen molar-refractivity contribution in [1.29, 1.82) is 0 Å². The summed E-state index contributed by atoms with van der Waals surface area (Å²) in [6.45, 7) is 4.23. The quantitative estimate of drug-likeness (QED) is 0.466. The third-order valence-electron chi connectivity index (χ3n) is 7.09. The van der Waals surface area contributed by atoms with Gasteiger partial charge in [0.25, 0.3) is 5.91 Å². The number of rotatable bonds is 3. The van der Waals surface area contributed by atoms with Crippen LogP contribution in [0.1, 0.15) is 47.4 Å². The number of nitrogens with two attached hydrogens (primary N) is 1. The number of fused-ring (bicyclic) bond motifs is 3. The van der Waals surface area contributed by atoms with Crippen LogP contribution in [0.3, 0.4) is 0 Å². The van der Waals surface area contributed by atoms with Gasteiger partial charge in [-0.3, -0.25) is 4.79 Å². The number of hydrogen-bond donors (Lipinski definition) is 1. The van der Waals surface area contributed by atoms with E-state index in [9.17, 15) is 4.79 Å². The summed E-state index contributed by atoms with van der Waals surface area (Å²) in [5.41, 5.74) is 9.75. The summed E-state index contributed by atoms with van der Waals surface area (Å²) >= 11 is 7.71. The first-order chi connectivity index (χ1) is 15.9. The van der Waals surface area contributed by atoms with Gasteiger partial charge in [-0.15, -0.1) is 0 Å². The average molecular weight is 480 g/mol. The zero-order chi connectivity index (χ0) is 22.9. The van der Waals surface area contributed by atoms with Crippen LogP contribution in [0.4, 0.5) is 5.13 Å². The maximum Gasteiger partial charge on any atom is 0.256 e. The van der Waals surface area contributed by atoms with Crippen LogP contribution in [0.15, 0.2) is 36.7 Å². The molecule has 1 amide bonds. The molecule has 10 heteroatoms. The molecule has 2 atom stereocenters. The fourth-order valence-electron chi connectivity index (χ4n) is 5.37. The molecule has 1 aliphatic carbocycles. The minimum atomic E-state index is -0.104. The van der Waals surface area contributed by atoms with Crippen LogP contribution in [0, 0.1) is 18.8 Å². The smallest absolute Gasteiger partial charge is 0.256 e. The first-order valence-corrected chi connectivity index (χ1v) is 12.1. The molecule has 8 nitrogen and oxygen atoms in total. The molecule has 5 heterocycles. The van der Waals surface area contributed by atoms with Gasteiger partial charge < -0.3 is 10.6 Å². The molecule has 3 fully saturated rings. The lowest BCUT2D eigenvalue weighted by Crippen LogP contribution is -2.59. The highest BCUT2D eigenvalue weighted by atomic mass is 35.5. The molecular weight excluding hydrogens is 458 g/mol. The summed E-state index contributed by atoms with van der Waals surface area (Å²) in [5.74, 6) is 0.812. The number of nitrogen functional groups attached to an aromatic ring is 1. The van der Waals surface area contributed by atoms with E-state index in [1.807, 2.05) is 11.8 Å². The number of pyridine rings is 1. The van der Waals surface area contributed by atoms with E-state index in [0.717, 1.165) is 34.4 Å². The van der Waals surface area contributed by atoms with Crippen molar-refractivity contribution in [2.75, 3.05) is 5.73 Å². The largest absolute Gasteiger partial charge is 0.375 e. The van der Waals surface area contributed by atoms with Crippen molar-refractivity contribution in [3.8, 4) is 5.69 Å². The molecule has 3 aliphatic rings. The number of anilines is 1. The lowest BCUT2D eigenvalue weighted by atomic mass is 9.63. The number of carbonyl (C=O) groups is 1. The predicted molar refractivity (Wildman–Crippen MR) is 128 cm³/mol. The van der Waals surface area contributed by atoms with Crippen molar-refractivity contribution >= 4 is 44.3 Å². The second kappa shape index (κ2) is 7.50. The van der Waals surface area contributed by atoms with Crippen molar-refractivity contribution < 1.29 is 4.79 Å². The van der Waals surface area contributed by atoms with Gasteiger partial charge in [-0.2, -0.15) is 15.0 Å². The van der Waals surface area contributed by atoms with Gasteiger partial charge >= 0.3 is 0 Å². The van der Waals surface area contributed by atoms with Crippen LogP contribution in [-0.4, -0.2) is 41.8 Å². The summed E-state index contributed by atoms with van der Waals surface area (Å²) in [6.07, 6.45) is 5.21. The zero-order valence-corrected chi connectivity index (χ0v) is 19.7. The summed E-state index contributed by atoms with van der Waals surface area (Å²) in [6, 6.07) is 7.39. The van der Waals surface area contributed by atoms with E-state index in [2.05, 4.69) is 28.2 Å². The van der Waals surface area contributed by atoms with Gasteiger partial charge in [-0.25, -0.2) is 9.97 Å². The number of hydrogen-bond acceptors (Lipinski definition) is 7. The minimum Gasteiger partial charge on any atom is -0.375 e. The Kier molecular flexibility index (Phi) is 4.67. The molecule has 7 rings (SSSR count). The monoisotopic (exact) mass is 479 g/mol. The minimum absolute atomic E-state index is 0.0675. The number of carbonyl (C=O) groups excluding carboxylic acids is 1. The van der Waals surface area contributed by atoms with Gasteiger partial charge in [-0.1, -0.05) is 29.9 Å². The van der Waals surface area contributed by atoms with Crippen molar-refractivity contribution in [2.24, 2.45) is 11.8 Å². The molecule has 0 radical (unpaired) electrons. The Morgan fingerprint density at radius 3 is 2.70 bits per heavy atom. The first-order valence-electron chi connectivity index (χ1n) is 10.9. The number of thiazole rings is 1. The second-order valence-corrected chi connectivity index (χ2v) is 10.4. The number of nitrogens with zero attached hydrogens (tertiary/aromatic N) is 6. The van der Waals surface area contributed by atoms with Gasteiger partial charge in [0, 0.05) is 16.8 Å². The second-order valence-electron chi connectivity index (χ2n) is 8.92. The molecule has 1 saturated carbocycles. The van der Waals surface area contributed by atoms with E-state index >= 15 is 0 Å². The molecule has 33 heavy (non-hydrogen) atoms. The van der Waals surface area contributed by atoms with Gasteiger partial charge in [0.05, 0.1) is 29.7 Å². The summed E-state index contributed by atoms with van der Waals surface area (Å²) in [4.78, 5) is 27.7. The molecule has 168 valence electrons. The Labute approximate surface area is 199 Å². The molecule has 0 unspecified atom stereocenters. The fourth-order valence-corrected chi connectivity index (χ4v) is 6.27. The van der Waals surface area contributed by atoms with Crippen LogP contribution < -0.4 is 5.73 Å². The van der Waals surface area contributed by atoms with E-state index in [0.29, 0.717) is 33.2 Å². The molecule has 2 saturated heterocycles. The number of amides is 1. The highest BCUT2D eigenvalue weighted by Crippen LogP contribution is 2.53. The van der Waals surface area contributed by atoms with E-state index in [1.54, 1.807) is 30.6 Å². The van der Waals surface area contributed by atoms with Crippen molar-refractivity contribution in [3.63, 3.8) is 0 Å². The van der Waals surface area contributed by atoms with Crippen molar-refractivity contribution in [1.82, 2.24) is 29.9 Å². The highest BCUT2D eigenvalue weighted by Gasteiger charge is 2.52. The Hall–Kier alpha value is -3.04. The Bertz CT molecular complexity index is 1380. The zero-order valence-electron chi connectivity index (χ0n) is 18.1. The Balaban J connectivity index is 1.48. The summed E-state index contributed by atoms with van der Waals surface area (Å²) in [5, 5.41) is 9.47. The predicted octanol–water partition coefficient (Wildman–Crippen LogP) is 4.43. The third-order valence-corrected chi connectivity index (χ3v) is 8.12. The molecule has 2 N–H and O–H groups in total. The average Bonchev–Trinajstić information content (AvgIpc) is 3.40. The van der Waals surface area contributed by atoms with Gasteiger partial charge in [-0.05, 0) is 61.4 Å². The molecule has 4 aromatic rings. The number of piperidine rings is 2. The molecule has 1 aromatic carbocycles. The van der Waals surface area contributed by atoms with Crippen LogP contribution in [0.5, 0.6) is 0 Å². The molecule has 0 spiro atoms. The Morgan fingerprint density at radius 2 is 1.94 bits per heavy atom. The first kappa shape index (κ1) is 20.6. The van der Waals surface area contributed by atoms with Crippen LogP contribution >= 0.6 is 22.9 Å². The van der Waals surface area contributed by atoms with E-state index in [-0.39, 0.29) is 18.0 Å². The van der Waals surface area contributed by atoms with Gasteiger partial charge in [0.15, 0.2) is 5.13 Å². The summed E-state index contributed by atoms with van der Waals surface area (Å²) < 4.78 is 0.